The lowest BCUT2D eigenvalue weighted by molar-refractivity contribution is 0.0467. The molecule has 3 aromatic rings. The number of aryl methyl sites for hydroxylation is 1. The molecule has 3 rings (SSSR count). The molecule has 0 aliphatic heterocycles. The highest BCUT2D eigenvalue weighted by atomic mass is 16.5. The van der Waals surface area contributed by atoms with Crippen molar-refractivity contribution >= 4 is 17.6 Å². The van der Waals surface area contributed by atoms with Crippen LogP contribution in [-0.2, 0) is 17.8 Å². The fraction of sp³-hybridized carbons (Fsp3) is 0.208. The van der Waals surface area contributed by atoms with Crippen molar-refractivity contribution in [2.45, 2.75) is 32.8 Å². The standard InChI is InChI=1S/C24H24N2O3/c1-2-3-7-18-10-13-21(14-11-18)26-23(27)20-12-15-22(25-16-20)17-29-24(28)19-8-5-4-6-9-19/h4-6,8-16H,2-3,7,17H2,1H3,(H,26,27). The molecule has 0 aliphatic rings. The van der Waals surface area contributed by atoms with E-state index in [9.17, 15) is 9.59 Å². The lowest BCUT2D eigenvalue weighted by Gasteiger charge is -2.08. The topological polar surface area (TPSA) is 68.3 Å². The van der Waals surface area contributed by atoms with E-state index in [0.29, 0.717) is 16.8 Å². The highest BCUT2D eigenvalue weighted by Gasteiger charge is 2.09. The van der Waals surface area contributed by atoms with Gasteiger partial charge in [0, 0.05) is 11.9 Å². The number of rotatable bonds is 8. The number of esters is 1. The van der Waals surface area contributed by atoms with Crippen LogP contribution in [0.3, 0.4) is 0 Å². The first-order valence-corrected chi connectivity index (χ1v) is 9.73. The van der Waals surface area contributed by atoms with E-state index in [1.807, 2.05) is 30.3 Å². The van der Waals surface area contributed by atoms with E-state index in [4.69, 9.17) is 4.74 Å². The second kappa shape index (κ2) is 10.2. The number of ether oxygens (including phenoxy) is 1. The van der Waals surface area contributed by atoms with Crippen LogP contribution in [0.1, 0.15) is 51.7 Å². The van der Waals surface area contributed by atoms with Gasteiger partial charge >= 0.3 is 5.97 Å². The normalized spacial score (nSPS) is 10.4. The third kappa shape index (κ3) is 6.01. The van der Waals surface area contributed by atoms with Crippen molar-refractivity contribution in [2.24, 2.45) is 0 Å². The van der Waals surface area contributed by atoms with Crippen LogP contribution in [0.5, 0.6) is 0 Å². The molecule has 0 fully saturated rings. The summed E-state index contributed by atoms with van der Waals surface area (Å²) in [6.07, 6.45) is 4.85. The van der Waals surface area contributed by atoms with Crippen molar-refractivity contribution in [2.75, 3.05) is 5.32 Å². The lowest BCUT2D eigenvalue weighted by Crippen LogP contribution is -2.13. The number of carbonyl (C=O) groups excluding carboxylic acids is 2. The van der Waals surface area contributed by atoms with Gasteiger partial charge in [-0.3, -0.25) is 9.78 Å². The van der Waals surface area contributed by atoms with Gasteiger partial charge in [-0.2, -0.15) is 0 Å². The SMILES string of the molecule is CCCCc1ccc(NC(=O)c2ccc(COC(=O)c3ccccc3)nc2)cc1. The van der Waals surface area contributed by atoms with Gasteiger partial charge in [0.05, 0.1) is 16.8 Å². The van der Waals surface area contributed by atoms with Crippen molar-refractivity contribution in [3.05, 3.63) is 95.3 Å². The number of benzene rings is 2. The Bertz CT molecular complexity index is 936. The van der Waals surface area contributed by atoms with Crippen molar-refractivity contribution < 1.29 is 14.3 Å². The first-order chi connectivity index (χ1) is 14.2. The van der Waals surface area contributed by atoms with Gasteiger partial charge in [0.2, 0.25) is 0 Å². The van der Waals surface area contributed by atoms with E-state index in [0.717, 1.165) is 24.9 Å². The van der Waals surface area contributed by atoms with Gasteiger partial charge in [0.15, 0.2) is 0 Å². The maximum atomic E-state index is 12.4. The summed E-state index contributed by atoms with van der Waals surface area (Å²) in [6.45, 7) is 2.22. The molecular formula is C24H24N2O3. The van der Waals surface area contributed by atoms with Gasteiger partial charge in [-0.15, -0.1) is 0 Å². The van der Waals surface area contributed by atoms with Crippen LogP contribution >= 0.6 is 0 Å². The summed E-state index contributed by atoms with van der Waals surface area (Å²) < 4.78 is 5.25. The third-order valence-corrected chi connectivity index (χ3v) is 4.48. The zero-order chi connectivity index (χ0) is 20.5. The molecular weight excluding hydrogens is 364 g/mol. The van der Waals surface area contributed by atoms with Crippen LogP contribution in [0, 0.1) is 0 Å². The van der Waals surface area contributed by atoms with Gasteiger partial charge in [-0.1, -0.05) is 43.7 Å². The average molecular weight is 388 g/mol. The molecule has 0 unspecified atom stereocenters. The van der Waals surface area contributed by atoms with E-state index in [-0.39, 0.29) is 12.5 Å². The van der Waals surface area contributed by atoms with Gasteiger partial charge in [-0.25, -0.2) is 4.79 Å². The fourth-order valence-corrected chi connectivity index (χ4v) is 2.78. The maximum Gasteiger partial charge on any atom is 0.338 e. The molecule has 0 radical (unpaired) electrons. The van der Waals surface area contributed by atoms with Gasteiger partial charge in [0.25, 0.3) is 5.91 Å². The number of unbranched alkanes of at least 4 members (excludes halogenated alkanes) is 1. The van der Waals surface area contributed by atoms with Crippen LogP contribution in [0.4, 0.5) is 5.69 Å². The van der Waals surface area contributed by atoms with Gasteiger partial charge in [0.1, 0.15) is 6.61 Å². The lowest BCUT2D eigenvalue weighted by atomic mass is 10.1. The predicted molar refractivity (Wildman–Crippen MR) is 113 cm³/mol. The maximum absolute atomic E-state index is 12.4. The Morgan fingerprint density at radius 1 is 0.931 bits per heavy atom. The van der Waals surface area contributed by atoms with Crippen molar-refractivity contribution in [1.82, 2.24) is 4.98 Å². The average Bonchev–Trinajstić information content (AvgIpc) is 2.78. The molecule has 1 amide bonds. The number of hydrogen-bond acceptors (Lipinski definition) is 4. The summed E-state index contributed by atoms with van der Waals surface area (Å²) in [5, 5.41) is 2.87. The number of carbonyl (C=O) groups is 2. The summed E-state index contributed by atoms with van der Waals surface area (Å²) in [5.41, 5.74) is 3.52. The molecule has 0 saturated heterocycles. The molecule has 1 heterocycles. The Kier molecular flexibility index (Phi) is 7.11. The number of amides is 1. The first-order valence-electron chi connectivity index (χ1n) is 9.73. The highest BCUT2D eigenvalue weighted by Crippen LogP contribution is 2.13. The first kappa shape index (κ1) is 20.3. The molecule has 0 bridgehead atoms. The molecule has 5 heteroatoms. The molecule has 0 spiro atoms. The Morgan fingerprint density at radius 2 is 1.69 bits per heavy atom. The summed E-state index contributed by atoms with van der Waals surface area (Å²) in [5.74, 6) is -0.636. The summed E-state index contributed by atoms with van der Waals surface area (Å²) in [4.78, 5) is 28.6. The minimum absolute atomic E-state index is 0.0504. The fourth-order valence-electron chi connectivity index (χ4n) is 2.78. The molecule has 1 aromatic heterocycles. The van der Waals surface area contributed by atoms with E-state index >= 15 is 0 Å². The largest absolute Gasteiger partial charge is 0.456 e. The van der Waals surface area contributed by atoms with Crippen molar-refractivity contribution in [1.29, 1.82) is 0 Å². The van der Waals surface area contributed by atoms with E-state index in [1.54, 1.807) is 36.4 Å². The summed E-state index contributed by atoms with van der Waals surface area (Å²) in [7, 11) is 0. The number of hydrogen-bond donors (Lipinski definition) is 1. The van der Waals surface area contributed by atoms with Gasteiger partial charge < -0.3 is 10.1 Å². The Labute approximate surface area is 170 Å². The quantitative estimate of drug-likeness (QED) is 0.549. The van der Waals surface area contributed by atoms with Crippen LogP contribution in [-0.4, -0.2) is 16.9 Å². The predicted octanol–water partition coefficient (Wildman–Crippen LogP) is 5.03. The second-order valence-corrected chi connectivity index (χ2v) is 6.73. The Balaban J connectivity index is 1.52. The van der Waals surface area contributed by atoms with E-state index < -0.39 is 5.97 Å². The van der Waals surface area contributed by atoms with E-state index in [1.165, 1.54) is 11.8 Å². The Morgan fingerprint density at radius 3 is 2.34 bits per heavy atom. The Hall–Kier alpha value is -3.47. The molecule has 148 valence electrons. The zero-order valence-corrected chi connectivity index (χ0v) is 16.4. The number of nitrogens with zero attached hydrogens (tertiary/aromatic N) is 1. The number of pyridine rings is 1. The van der Waals surface area contributed by atoms with Crippen molar-refractivity contribution in [3.8, 4) is 0 Å². The summed E-state index contributed by atoms with van der Waals surface area (Å²) >= 11 is 0. The smallest absolute Gasteiger partial charge is 0.338 e. The number of aromatic nitrogens is 1. The molecule has 5 nitrogen and oxygen atoms in total. The number of anilines is 1. The second-order valence-electron chi connectivity index (χ2n) is 6.73. The minimum atomic E-state index is -0.406. The van der Waals surface area contributed by atoms with E-state index in [2.05, 4.69) is 17.2 Å². The molecule has 0 saturated carbocycles. The molecule has 0 aliphatic carbocycles. The monoisotopic (exact) mass is 388 g/mol. The molecule has 1 N–H and O–H groups in total. The highest BCUT2D eigenvalue weighted by molar-refractivity contribution is 6.04. The molecule has 2 aromatic carbocycles. The third-order valence-electron chi connectivity index (χ3n) is 4.48. The van der Waals surface area contributed by atoms with Crippen LogP contribution in [0.25, 0.3) is 0 Å². The molecule has 0 atom stereocenters. The van der Waals surface area contributed by atoms with Gasteiger partial charge in [-0.05, 0) is 54.8 Å². The van der Waals surface area contributed by atoms with Crippen LogP contribution in [0.15, 0.2) is 72.9 Å². The van der Waals surface area contributed by atoms with Crippen molar-refractivity contribution in [3.63, 3.8) is 0 Å². The summed E-state index contributed by atoms with van der Waals surface area (Å²) in [6, 6.07) is 20.0. The van der Waals surface area contributed by atoms with Crippen LogP contribution in [0.2, 0.25) is 0 Å². The minimum Gasteiger partial charge on any atom is -0.456 e. The molecule has 29 heavy (non-hydrogen) atoms. The van der Waals surface area contributed by atoms with Crippen LogP contribution < -0.4 is 5.32 Å². The zero-order valence-electron chi connectivity index (χ0n) is 16.4. The number of nitrogens with one attached hydrogen (secondary N) is 1.